The second kappa shape index (κ2) is 10.4. The molecule has 2 aromatic carbocycles. The van der Waals surface area contributed by atoms with E-state index in [2.05, 4.69) is 0 Å². The number of anilines is 2. The van der Waals surface area contributed by atoms with Crippen LogP contribution < -0.4 is 9.62 Å². The molecule has 1 heterocycles. The van der Waals surface area contributed by atoms with Gasteiger partial charge in [-0.15, -0.1) is 0 Å². The number of carboxylic acid groups (broad SMARTS) is 2. The number of rotatable bonds is 8. The van der Waals surface area contributed by atoms with Crippen molar-refractivity contribution < 1.29 is 37.8 Å². The van der Waals surface area contributed by atoms with Crippen LogP contribution in [0.1, 0.15) is 10.4 Å². The topological polar surface area (TPSA) is 154 Å². The molecule has 0 atom stereocenters. The van der Waals surface area contributed by atoms with E-state index in [1.54, 1.807) is 18.2 Å². The van der Waals surface area contributed by atoms with E-state index >= 15 is 0 Å². The Kier molecular flexibility index (Phi) is 7.63. The molecule has 0 aromatic heterocycles. The second-order valence-corrected chi connectivity index (χ2v) is 9.00. The van der Waals surface area contributed by atoms with Crippen molar-refractivity contribution in [1.29, 1.82) is 0 Å². The van der Waals surface area contributed by atoms with Crippen molar-refractivity contribution in [3.8, 4) is 0 Å². The number of aliphatic carboxylic acids is 1. The number of ether oxygens (including phenoxy) is 1. The first kappa shape index (κ1) is 24.2. The van der Waals surface area contributed by atoms with Gasteiger partial charge in [0.2, 0.25) is 0 Å². The van der Waals surface area contributed by atoms with E-state index in [-0.39, 0.29) is 28.4 Å². The lowest BCUT2D eigenvalue weighted by Gasteiger charge is -2.31. The molecule has 1 aliphatic heterocycles. The summed E-state index contributed by atoms with van der Waals surface area (Å²) in [5.74, 6) is -4.66. The maximum absolute atomic E-state index is 13.5. The maximum atomic E-state index is 13.5. The lowest BCUT2D eigenvalue weighted by atomic mass is 10.1. The van der Waals surface area contributed by atoms with Crippen molar-refractivity contribution in [2.24, 2.45) is 0 Å². The maximum Gasteiger partial charge on any atom is 0.394 e. The van der Waals surface area contributed by atoms with Crippen LogP contribution in [0.2, 0.25) is 0 Å². The van der Waals surface area contributed by atoms with Gasteiger partial charge >= 0.3 is 17.8 Å². The molecule has 1 fully saturated rings. The molecule has 0 unspecified atom stereocenters. The Morgan fingerprint density at radius 2 is 1.70 bits per heavy atom. The number of amides is 1. The second-order valence-electron chi connectivity index (χ2n) is 7.14. The highest BCUT2D eigenvalue weighted by molar-refractivity contribution is 7.92. The minimum atomic E-state index is -4.05. The predicted octanol–water partition coefficient (Wildman–Crippen LogP) is 0.935. The number of hydrogen-bond donors (Lipinski definition) is 3. The first-order valence-electron chi connectivity index (χ1n) is 9.99. The number of carbonyl (C=O) groups is 3. The number of benzene rings is 2. The summed E-state index contributed by atoms with van der Waals surface area (Å²) >= 11 is 0. The lowest BCUT2D eigenvalue weighted by molar-refractivity contribution is -0.147. The molecule has 3 rings (SSSR count). The minimum Gasteiger partial charge on any atom is -0.478 e. The van der Waals surface area contributed by atoms with E-state index in [4.69, 9.17) is 9.84 Å². The highest BCUT2D eigenvalue weighted by atomic mass is 32.2. The zero-order valence-electron chi connectivity index (χ0n) is 17.5. The molecule has 2 aromatic rings. The first-order valence-corrected chi connectivity index (χ1v) is 11.4. The van der Waals surface area contributed by atoms with E-state index in [0.717, 1.165) is 16.4 Å². The molecule has 0 radical (unpaired) electrons. The van der Waals surface area contributed by atoms with Gasteiger partial charge in [0.05, 0.1) is 35.0 Å². The van der Waals surface area contributed by atoms with Crippen LogP contribution in [0, 0.1) is 0 Å². The number of hydrogen-bond acceptors (Lipinski definition) is 7. The largest absolute Gasteiger partial charge is 0.478 e. The number of carbonyl (C=O) groups excluding carboxylic acids is 1. The Morgan fingerprint density at radius 1 is 1.03 bits per heavy atom. The Balaban J connectivity index is 2.02. The zero-order valence-corrected chi connectivity index (χ0v) is 18.3. The zero-order chi connectivity index (χ0) is 24.0. The molecule has 176 valence electrons. The van der Waals surface area contributed by atoms with E-state index in [1.165, 1.54) is 18.2 Å². The summed E-state index contributed by atoms with van der Waals surface area (Å²) in [6.07, 6.45) is 0. The SMILES string of the molecule is O=C(O)C(=O)Nc1cc(N(CCN2CCOCC2)S(=O)(=O)c2ccccc2)ccc1C(=O)O. The summed E-state index contributed by atoms with van der Waals surface area (Å²) in [4.78, 5) is 36.2. The molecule has 1 saturated heterocycles. The van der Waals surface area contributed by atoms with Crippen molar-refractivity contribution in [2.75, 3.05) is 49.0 Å². The van der Waals surface area contributed by atoms with Gasteiger partial charge in [-0.1, -0.05) is 18.2 Å². The van der Waals surface area contributed by atoms with E-state index in [1.807, 2.05) is 10.2 Å². The molecule has 3 N–H and O–H groups in total. The molecule has 0 aliphatic carbocycles. The van der Waals surface area contributed by atoms with Gasteiger partial charge in [0.1, 0.15) is 0 Å². The number of morpholine rings is 1. The fourth-order valence-electron chi connectivity index (χ4n) is 3.32. The van der Waals surface area contributed by atoms with Crippen LogP contribution in [0.3, 0.4) is 0 Å². The molecule has 1 aliphatic rings. The number of nitrogens with zero attached hydrogens (tertiary/aromatic N) is 2. The highest BCUT2D eigenvalue weighted by Gasteiger charge is 2.27. The average molecular weight is 477 g/mol. The van der Waals surface area contributed by atoms with Crippen molar-refractivity contribution in [3.63, 3.8) is 0 Å². The Morgan fingerprint density at radius 3 is 2.30 bits per heavy atom. The van der Waals surface area contributed by atoms with Gasteiger partial charge in [0.25, 0.3) is 10.0 Å². The van der Waals surface area contributed by atoms with Crippen LogP contribution in [0.15, 0.2) is 53.4 Å². The van der Waals surface area contributed by atoms with Crippen molar-refractivity contribution >= 4 is 39.2 Å². The summed E-state index contributed by atoms with van der Waals surface area (Å²) in [6, 6.07) is 11.3. The summed E-state index contributed by atoms with van der Waals surface area (Å²) in [6.45, 7) is 2.76. The van der Waals surface area contributed by atoms with Crippen LogP contribution in [-0.4, -0.2) is 80.8 Å². The standard InChI is InChI=1S/C21H23N3O8S/c25-19(21(28)29)22-18-14-15(6-7-17(18)20(26)27)24(9-8-23-10-12-32-13-11-23)33(30,31)16-4-2-1-3-5-16/h1-7,14H,8-13H2,(H,22,25)(H,26,27)(H,28,29). The summed E-state index contributed by atoms with van der Waals surface area (Å²) in [5, 5.41) is 20.3. The average Bonchev–Trinajstić information content (AvgIpc) is 2.80. The third kappa shape index (κ3) is 5.86. The fraction of sp³-hybridized carbons (Fsp3) is 0.286. The molecule has 12 heteroatoms. The smallest absolute Gasteiger partial charge is 0.394 e. The van der Waals surface area contributed by atoms with Crippen molar-refractivity contribution in [1.82, 2.24) is 4.90 Å². The molecule has 11 nitrogen and oxygen atoms in total. The molecule has 33 heavy (non-hydrogen) atoms. The first-order chi connectivity index (χ1) is 15.7. The van der Waals surface area contributed by atoms with Crippen LogP contribution in [0.5, 0.6) is 0 Å². The van der Waals surface area contributed by atoms with Crippen LogP contribution in [0.4, 0.5) is 11.4 Å². The van der Waals surface area contributed by atoms with Crippen molar-refractivity contribution in [2.45, 2.75) is 4.90 Å². The van der Waals surface area contributed by atoms with Crippen LogP contribution in [0.25, 0.3) is 0 Å². The quantitative estimate of drug-likeness (QED) is 0.471. The minimum absolute atomic E-state index is 0.0328. The Hall–Kier alpha value is -3.48. The van der Waals surface area contributed by atoms with Gasteiger partial charge in [-0.05, 0) is 30.3 Å². The summed E-state index contributed by atoms with van der Waals surface area (Å²) < 4.78 is 33.3. The molecule has 1 amide bonds. The van der Waals surface area contributed by atoms with E-state index in [9.17, 15) is 27.9 Å². The van der Waals surface area contributed by atoms with E-state index < -0.39 is 27.9 Å². The molecule has 0 spiro atoms. The Bertz CT molecular complexity index is 1130. The van der Waals surface area contributed by atoms with Gasteiger partial charge in [-0.3, -0.25) is 14.0 Å². The van der Waals surface area contributed by atoms with Gasteiger partial charge < -0.3 is 20.3 Å². The number of aromatic carboxylic acids is 1. The summed E-state index contributed by atoms with van der Waals surface area (Å²) in [7, 11) is -4.05. The van der Waals surface area contributed by atoms with Gasteiger partial charge in [-0.25, -0.2) is 18.0 Å². The lowest BCUT2D eigenvalue weighted by Crippen LogP contribution is -2.43. The fourth-order valence-corrected chi connectivity index (χ4v) is 4.79. The summed E-state index contributed by atoms with van der Waals surface area (Å²) in [5.41, 5.74) is -0.622. The third-order valence-corrected chi connectivity index (χ3v) is 6.86. The highest BCUT2D eigenvalue weighted by Crippen LogP contribution is 2.29. The van der Waals surface area contributed by atoms with Gasteiger partial charge in [0.15, 0.2) is 0 Å². The number of nitrogens with one attached hydrogen (secondary N) is 1. The molecule has 0 bridgehead atoms. The Labute approximate surface area is 190 Å². The van der Waals surface area contributed by atoms with Crippen LogP contribution in [-0.2, 0) is 24.3 Å². The monoisotopic (exact) mass is 477 g/mol. The number of carboxylic acids is 2. The third-order valence-electron chi connectivity index (χ3n) is 5.02. The van der Waals surface area contributed by atoms with Crippen molar-refractivity contribution in [3.05, 3.63) is 54.1 Å². The molecular formula is C21H23N3O8S. The van der Waals surface area contributed by atoms with Gasteiger partial charge in [-0.2, -0.15) is 0 Å². The van der Waals surface area contributed by atoms with Gasteiger partial charge in [0, 0.05) is 26.2 Å². The molecular weight excluding hydrogens is 454 g/mol. The normalized spacial score (nSPS) is 14.4. The number of sulfonamides is 1. The predicted molar refractivity (Wildman–Crippen MR) is 118 cm³/mol. The molecule has 0 saturated carbocycles. The van der Waals surface area contributed by atoms with Crippen LogP contribution >= 0.6 is 0 Å². The van der Waals surface area contributed by atoms with E-state index in [0.29, 0.717) is 32.8 Å².